The topological polar surface area (TPSA) is 49.4 Å². The van der Waals surface area contributed by atoms with Gasteiger partial charge in [-0.05, 0) is 41.8 Å². The number of carbonyl (C=O) groups is 2. The summed E-state index contributed by atoms with van der Waals surface area (Å²) in [4.78, 5) is 26.6. The molecule has 2 aromatic carbocycles. The summed E-state index contributed by atoms with van der Waals surface area (Å²) in [6, 6.07) is 9.07. The molecule has 4 nitrogen and oxygen atoms in total. The lowest BCUT2D eigenvalue weighted by Gasteiger charge is -2.31. The third kappa shape index (κ3) is 3.74. The first-order valence-corrected chi connectivity index (χ1v) is 8.49. The molecule has 0 saturated heterocycles. The maximum atomic E-state index is 13.9. The largest absolute Gasteiger partial charge is 0.324 e. The molecule has 2 amide bonds. The van der Waals surface area contributed by atoms with E-state index in [1.165, 1.54) is 35.2 Å². The number of rotatable bonds is 3. The van der Waals surface area contributed by atoms with E-state index >= 15 is 0 Å². The van der Waals surface area contributed by atoms with E-state index in [9.17, 15) is 18.4 Å². The minimum atomic E-state index is -0.675. The van der Waals surface area contributed by atoms with Crippen molar-refractivity contribution in [1.82, 2.24) is 4.90 Å². The normalized spacial score (nSPS) is 16.9. The summed E-state index contributed by atoms with van der Waals surface area (Å²) in [6.07, 6.45) is 0.260. The Kier molecular flexibility index (Phi) is 5.02. The van der Waals surface area contributed by atoms with Crippen LogP contribution in [0.25, 0.3) is 0 Å². The summed E-state index contributed by atoms with van der Waals surface area (Å²) in [7, 11) is 0. The predicted octanol–water partition coefficient (Wildman–Crippen LogP) is 3.88. The molecule has 1 heterocycles. The molecule has 0 fully saturated rings. The monoisotopic (exact) mass is 358 g/mol. The summed E-state index contributed by atoms with van der Waals surface area (Å²) in [5.41, 5.74) is 1.54. The molecule has 0 saturated carbocycles. The maximum absolute atomic E-state index is 13.9. The van der Waals surface area contributed by atoms with Crippen molar-refractivity contribution in [2.45, 2.75) is 26.3 Å². The lowest BCUT2D eigenvalue weighted by Crippen LogP contribution is -2.39. The highest BCUT2D eigenvalue weighted by atomic mass is 19.1. The minimum Gasteiger partial charge on any atom is -0.324 e. The molecule has 0 radical (unpaired) electrons. The van der Waals surface area contributed by atoms with Gasteiger partial charge in [-0.3, -0.25) is 9.59 Å². The Bertz CT molecular complexity index is 834. The van der Waals surface area contributed by atoms with Gasteiger partial charge in [-0.15, -0.1) is 0 Å². The minimum absolute atomic E-state index is 0.106. The predicted molar refractivity (Wildman–Crippen MR) is 94.4 cm³/mol. The Balaban J connectivity index is 2.16. The second-order valence-electron chi connectivity index (χ2n) is 6.85. The van der Waals surface area contributed by atoms with E-state index < -0.39 is 17.7 Å². The quantitative estimate of drug-likeness (QED) is 0.905. The maximum Gasteiger partial charge on any atom is 0.244 e. The van der Waals surface area contributed by atoms with Crippen molar-refractivity contribution < 1.29 is 18.4 Å². The summed E-state index contributed by atoms with van der Waals surface area (Å²) in [5, 5.41) is 2.73. The van der Waals surface area contributed by atoms with Gasteiger partial charge in [0.2, 0.25) is 11.8 Å². The van der Waals surface area contributed by atoms with Gasteiger partial charge in [-0.25, -0.2) is 8.78 Å². The fraction of sp³-hybridized carbons (Fsp3) is 0.300. The van der Waals surface area contributed by atoms with E-state index in [-0.39, 0.29) is 30.7 Å². The molecule has 26 heavy (non-hydrogen) atoms. The first-order valence-electron chi connectivity index (χ1n) is 8.49. The number of hydrogen-bond acceptors (Lipinski definition) is 2. The molecule has 3 rings (SSSR count). The Morgan fingerprint density at radius 2 is 1.81 bits per heavy atom. The number of halogens is 2. The van der Waals surface area contributed by atoms with E-state index in [2.05, 4.69) is 5.32 Å². The van der Waals surface area contributed by atoms with Gasteiger partial charge >= 0.3 is 0 Å². The van der Waals surface area contributed by atoms with E-state index in [0.29, 0.717) is 16.8 Å². The summed E-state index contributed by atoms with van der Waals surface area (Å²) in [6.45, 7) is 3.68. The van der Waals surface area contributed by atoms with Crippen LogP contribution < -0.4 is 5.32 Å². The third-order valence-corrected chi connectivity index (χ3v) is 4.30. The van der Waals surface area contributed by atoms with E-state index in [1.807, 2.05) is 13.8 Å². The molecular weight excluding hydrogens is 338 g/mol. The summed E-state index contributed by atoms with van der Waals surface area (Å²) in [5.74, 6) is -1.32. The number of amides is 2. The number of nitrogens with zero attached hydrogens (tertiary/aromatic N) is 1. The second-order valence-corrected chi connectivity index (χ2v) is 6.85. The van der Waals surface area contributed by atoms with Gasteiger partial charge in [0.1, 0.15) is 18.2 Å². The fourth-order valence-electron chi connectivity index (χ4n) is 3.18. The van der Waals surface area contributed by atoms with Gasteiger partial charge < -0.3 is 10.2 Å². The number of fused-ring (bicyclic) bond motifs is 1. The van der Waals surface area contributed by atoms with Gasteiger partial charge in [0, 0.05) is 17.7 Å². The zero-order valence-electron chi connectivity index (χ0n) is 14.6. The number of nitrogens with one attached hydrogen (secondary N) is 1. The number of benzene rings is 2. The number of anilines is 1. The van der Waals surface area contributed by atoms with Crippen LogP contribution in [-0.4, -0.2) is 23.3 Å². The van der Waals surface area contributed by atoms with Crippen LogP contribution in [0.2, 0.25) is 0 Å². The molecule has 1 atom stereocenters. The Morgan fingerprint density at radius 1 is 1.15 bits per heavy atom. The molecule has 1 N–H and O–H groups in total. The first kappa shape index (κ1) is 18.0. The van der Waals surface area contributed by atoms with Gasteiger partial charge in [0.15, 0.2) is 0 Å². The fourth-order valence-corrected chi connectivity index (χ4v) is 3.18. The Morgan fingerprint density at radius 3 is 2.46 bits per heavy atom. The van der Waals surface area contributed by atoms with Crippen molar-refractivity contribution in [3.63, 3.8) is 0 Å². The zero-order valence-corrected chi connectivity index (χ0v) is 14.6. The number of hydrogen-bond donors (Lipinski definition) is 1. The van der Waals surface area contributed by atoms with Gasteiger partial charge in [0.25, 0.3) is 0 Å². The van der Waals surface area contributed by atoms with Gasteiger partial charge in [-0.2, -0.15) is 0 Å². The molecule has 6 heteroatoms. The van der Waals surface area contributed by atoms with Crippen molar-refractivity contribution in [2.24, 2.45) is 5.92 Å². The Hall–Kier alpha value is -2.76. The molecule has 1 aliphatic heterocycles. The lowest BCUT2D eigenvalue weighted by molar-refractivity contribution is -0.136. The number of carbonyl (C=O) groups excluding carboxylic acids is 2. The second kappa shape index (κ2) is 7.23. The zero-order chi connectivity index (χ0) is 18.8. The Labute approximate surface area is 150 Å². The molecule has 0 spiro atoms. The van der Waals surface area contributed by atoms with Crippen LogP contribution in [0, 0.1) is 17.6 Å². The molecule has 0 bridgehead atoms. The highest BCUT2D eigenvalue weighted by Gasteiger charge is 2.33. The van der Waals surface area contributed by atoms with Crippen molar-refractivity contribution in [1.29, 1.82) is 0 Å². The molecule has 0 aliphatic carbocycles. The SMILES string of the molecule is CC(C)CC(=O)N1CC(=O)Nc2ccc(F)cc2C1c1ccc(F)cc1. The van der Waals surface area contributed by atoms with E-state index in [0.717, 1.165) is 0 Å². The van der Waals surface area contributed by atoms with Crippen LogP contribution in [0.4, 0.5) is 14.5 Å². The summed E-state index contributed by atoms with van der Waals surface area (Å²) < 4.78 is 27.3. The molecule has 1 unspecified atom stereocenters. The lowest BCUT2D eigenvalue weighted by atomic mass is 9.95. The van der Waals surface area contributed by atoms with Crippen LogP contribution in [0.5, 0.6) is 0 Å². The molecule has 2 aromatic rings. The van der Waals surface area contributed by atoms with E-state index in [1.54, 1.807) is 12.1 Å². The van der Waals surface area contributed by atoms with Gasteiger partial charge in [-0.1, -0.05) is 26.0 Å². The van der Waals surface area contributed by atoms with Crippen molar-refractivity contribution >= 4 is 17.5 Å². The highest BCUT2D eigenvalue weighted by molar-refractivity contribution is 5.97. The van der Waals surface area contributed by atoms with Crippen LogP contribution in [0.1, 0.15) is 37.4 Å². The van der Waals surface area contributed by atoms with Crippen LogP contribution in [0.15, 0.2) is 42.5 Å². The third-order valence-electron chi connectivity index (χ3n) is 4.30. The smallest absolute Gasteiger partial charge is 0.244 e. The molecular formula is C20H20F2N2O2. The van der Waals surface area contributed by atoms with Crippen LogP contribution in [0.3, 0.4) is 0 Å². The van der Waals surface area contributed by atoms with Gasteiger partial charge in [0.05, 0.1) is 6.04 Å². The standard InChI is InChI=1S/C20H20F2N2O2/c1-12(2)9-19(26)24-11-18(25)23-17-8-7-15(22)10-16(17)20(24)13-3-5-14(21)6-4-13/h3-8,10,12,20H,9,11H2,1-2H3,(H,23,25). The first-order chi connectivity index (χ1) is 12.3. The summed E-state index contributed by atoms with van der Waals surface area (Å²) >= 11 is 0. The van der Waals surface area contributed by atoms with Crippen LogP contribution >= 0.6 is 0 Å². The average molecular weight is 358 g/mol. The van der Waals surface area contributed by atoms with E-state index in [4.69, 9.17) is 0 Å². The van der Waals surface area contributed by atoms with Crippen LogP contribution in [-0.2, 0) is 9.59 Å². The molecule has 0 aromatic heterocycles. The average Bonchev–Trinajstić information content (AvgIpc) is 2.71. The van der Waals surface area contributed by atoms with Crippen molar-refractivity contribution in [3.05, 3.63) is 65.2 Å². The van der Waals surface area contributed by atoms with Crippen molar-refractivity contribution in [3.8, 4) is 0 Å². The molecule has 1 aliphatic rings. The molecule has 136 valence electrons. The van der Waals surface area contributed by atoms with Crippen molar-refractivity contribution in [2.75, 3.05) is 11.9 Å². The highest BCUT2D eigenvalue weighted by Crippen LogP contribution is 2.36.